The Morgan fingerprint density at radius 3 is 2.37 bits per heavy atom. The van der Waals surface area contributed by atoms with Crippen molar-refractivity contribution in [2.45, 2.75) is 6.04 Å². The lowest BCUT2D eigenvalue weighted by molar-refractivity contribution is 0.215. The molecule has 0 atom stereocenters. The summed E-state index contributed by atoms with van der Waals surface area (Å²) < 4.78 is 0. The fourth-order valence-corrected chi connectivity index (χ4v) is 5.21. The van der Waals surface area contributed by atoms with Crippen LogP contribution in [0.2, 0.25) is 0 Å². The molecule has 0 radical (unpaired) electrons. The van der Waals surface area contributed by atoms with Crippen molar-refractivity contribution in [2.75, 3.05) is 54.1 Å². The summed E-state index contributed by atoms with van der Waals surface area (Å²) in [7, 11) is 0. The van der Waals surface area contributed by atoms with Gasteiger partial charge in [-0.15, -0.1) is 0 Å². The Morgan fingerprint density at radius 2 is 1.74 bits per heavy atom. The number of nitrogens with zero attached hydrogens (tertiary/aromatic N) is 4. The molecule has 2 aliphatic heterocycles. The van der Waals surface area contributed by atoms with Crippen LogP contribution in [0.1, 0.15) is 0 Å². The standard InChI is InChI=1S/C13H20N4S2/c1-2-15-13(9-14-1)17-5-3-16(4-6-17)12-10-18-7-8-19-11-12/h1-2,9,12H,3-8,10-11H2. The van der Waals surface area contributed by atoms with Crippen molar-refractivity contribution in [1.29, 1.82) is 0 Å². The molecular formula is C13H20N4S2. The van der Waals surface area contributed by atoms with Crippen LogP contribution in [-0.4, -0.2) is 70.1 Å². The predicted molar refractivity (Wildman–Crippen MR) is 84.3 cm³/mol. The quantitative estimate of drug-likeness (QED) is 0.821. The van der Waals surface area contributed by atoms with Crippen LogP contribution in [0.3, 0.4) is 0 Å². The molecule has 2 fully saturated rings. The number of rotatable bonds is 2. The maximum atomic E-state index is 4.39. The van der Waals surface area contributed by atoms with Gasteiger partial charge in [-0.05, 0) is 0 Å². The van der Waals surface area contributed by atoms with Gasteiger partial charge in [-0.25, -0.2) is 4.98 Å². The molecule has 0 spiro atoms. The Labute approximate surface area is 123 Å². The van der Waals surface area contributed by atoms with E-state index in [0.29, 0.717) is 0 Å². The van der Waals surface area contributed by atoms with Gasteiger partial charge in [0, 0.05) is 67.6 Å². The smallest absolute Gasteiger partial charge is 0.147 e. The third kappa shape index (κ3) is 3.55. The van der Waals surface area contributed by atoms with E-state index in [1.165, 1.54) is 23.0 Å². The van der Waals surface area contributed by atoms with Crippen LogP contribution in [0.15, 0.2) is 18.6 Å². The lowest BCUT2D eigenvalue weighted by Gasteiger charge is -2.39. The lowest BCUT2D eigenvalue weighted by Crippen LogP contribution is -2.52. The average Bonchev–Trinajstić information content (AvgIpc) is 2.77. The van der Waals surface area contributed by atoms with Crippen molar-refractivity contribution in [2.24, 2.45) is 0 Å². The fourth-order valence-electron chi connectivity index (χ4n) is 2.59. The highest BCUT2D eigenvalue weighted by Gasteiger charge is 2.25. The molecular weight excluding hydrogens is 276 g/mol. The molecule has 2 saturated heterocycles. The number of aromatic nitrogens is 2. The van der Waals surface area contributed by atoms with E-state index in [1.54, 1.807) is 12.4 Å². The number of piperazine rings is 1. The topological polar surface area (TPSA) is 32.3 Å². The third-order valence-corrected chi connectivity index (χ3v) is 6.18. The minimum absolute atomic E-state index is 0.765. The van der Waals surface area contributed by atoms with Gasteiger partial charge in [0.2, 0.25) is 0 Å². The number of thioether (sulfide) groups is 2. The van der Waals surface area contributed by atoms with E-state index in [2.05, 4.69) is 43.3 Å². The first kappa shape index (κ1) is 13.5. The normalized spacial score (nSPS) is 23.3. The summed E-state index contributed by atoms with van der Waals surface area (Å²) in [5.41, 5.74) is 0. The maximum Gasteiger partial charge on any atom is 0.147 e. The minimum Gasteiger partial charge on any atom is -0.353 e. The highest BCUT2D eigenvalue weighted by atomic mass is 32.2. The summed E-state index contributed by atoms with van der Waals surface area (Å²) >= 11 is 4.23. The lowest BCUT2D eigenvalue weighted by atomic mass is 10.2. The molecule has 0 bridgehead atoms. The summed E-state index contributed by atoms with van der Waals surface area (Å²) in [6.45, 7) is 4.46. The molecule has 19 heavy (non-hydrogen) atoms. The van der Waals surface area contributed by atoms with Crippen LogP contribution < -0.4 is 4.90 Å². The van der Waals surface area contributed by atoms with Gasteiger partial charge in [0.05, 0.1) is 6.20 Å². The van der Waals surface area contributed by atoms with Crippen LogP contribution in [0, 0.1) is 0 Å². The van der Waals surface area contributed by atoms with E-state index in [0.717, 1.165) is 38.0 Å². The van der Waals surface area contributed by atoms with Crippen LogP contribution in [0.25, 0.3) is 0 Å². The van der Waals surface area contributed by atoms with E-state index in [-0.39, 0.29) is 0 Å². The summed E-state index contributed by atoms with van der Waals surface area (Å²) in [6.07, 6.45) is 5.38. The number of hydrogen-bond donors (Lipinski definition) is 0. The first-order chi connectivity index (χ1) is 9.43. The van der Waals surface area contributed by atoms with Gasteiger partial charge in [0.1, 0.15) is 5.82 Å². The van der Waals surface area contributed by atoms with Crippen molar-refractivity contribution >= 4 is 29.3 Å². The van der Waals surface area contributed by atoms with Crippen LogP contribution in [0.5, 0.6) is 0 Å². The summed E-state index contributed by atoms with van der Waals surface area (Å²) in [4.78, 5) is 13.6. The van der Waals surface area contributed by atoms with E-state index in [1.807, 2.05) is 6.20 Å². The second kappa shape index (κ2) is 6.81. The van der Waals surface area contributed by atoms with Crippen LogP contribution in [0.4, 0.5) is 5.82 Å². The molecule has 3 heterocycles. The van der Waals surface area contributed by atoms with Gasteiger partial charge < -0.3 is 4.90 Å². The van der Waals surface area contributed by atoms with Crippen molar-refractivity contribution < 1.29 is 0 Å². The molecule has 6 heteroatoms. The Bertz CT molecular complexity index is 373. The van der Waals surface area contributed by atoms with Crippen molar-refractivity contribution in [3.63, 3.8) is 0 Å². The van der Waals surface area contributed by atoms with Gasteiger partial charge in [0.15, 0.2) is 0 Å². The zero-order valence-electron chi connectivity index (χ0n) is 11.1. The van der Waals surface area contributed by atoms with Crippen molar-refractivity contribution in [1.82, 2.24) is 14.9 Å². The van der Waals surface area contributed by atoms with Crippen molar-refractivity contribution in [3.05, 3.63) is 18.6 Å². The molecule has 0 unspecified atom stereocenters. The largest absolute Gasteiger partial charge is 0.353 e. The first-order valence-corrected chi connectivity index (χ1v) is 9.15. The average molecular weight is 296 g/mol. The molecule has 1 aromatic rings. The maximum absolute atomic E-state index is 4.39. The highest BCUT2D eigenvalue weighted by molar-refractivity contribution is 8.03. The van der Waals surface area contributed by atoms with E-state index in [9.17, 15) is 0 Å². The third-order valence-electron chi connectivity index (χ3n) is 3.70. The summed E-state index contributed by atoms with van der Waals surface area (Å²) in [5.74, 6) is 6.27. The van der Waals surface area contributed by atoms with Gasteiger partial charge in [-0.3, -0.25) is 9.88 Å². The summed E-state index contributed by atoms with van der Waals surface area (Å²) in [5, 5.41) is 0. The predicted octanol–water partition coefficient (Wildman–Crippen LogP) is 1.45. The molecule has 4 nitrogen and oxygen atoms in total. The van der Waals surface area contributed by atoms with Gasteiger partial charge in [0.25, 0.3) is 0 Å². The molecule has 104 valence electrons. The molecule has 0 aromatic carbocycles. The van der Waals surface area contributed by atoms with E-state index >= 15 is 0 Å². The molecule has 0 saturated carbocycles. The second-order valence-electron chi connectivity index (χ2n) is 4.89. The van der Waals surface area contributed by atoms with Crippen LogP contribution in [-0.2, 0) is 0 Å². The molecule has 1 aromatic heterocycles. The van der Waals surface area contributed by atoms with Crippen molar-refractivity contribution in [3.8, 4) is 0 Å². The first-order valence-electron chi connectivity index (χ1n) is 6.84. The Morgan fingerprint density at radius 1 is 1.00 bits per heavy atom. The van der Waals surface area contributed by atoms with Gasteiger partial charge >= 0.3 is 0 Å². The highest BCUT2D eigenvalue weighted by Crippen LogP contribution is 2.22. The Kier molecular flexibility index (Phi) is 4.85. The SMILES string of the molecule is c1cnc(N2CCN(C3CSCCSC3)CC2)cn1. The van der Waals surface area contributed by atoms with Crippen LogP contribution >= 0.6 is 23.5 Å². The summed E-state index contributed by atoms with van der Waals surface area (Å²) in [6, 6.07) is 0.765. The Balaban J connectivity index is 1.54. The minimum atomic E-state index is 0.765. The number of hydrogen-bond acceptors (Lipinski definition) is 6. The van der Waals surface area contributed by atoms with Gasteiger partial charge in [-0.2, -0.15) is 23.5 Å². The molecule has 2 aliphatic rings. The fraction of sp³-hybridized carbons (Fsp3) is 0.692. The van der Waals surface area contributed by atoms with Gasteiger partial charge in [-0.1, -0.05) is 0 Å². The van der Waals surface area contributed by atoms with E-state index in [4.69, 9.17) is 0 Å². The zero-order chi connectivity index (χ0) is 12.9. The monoisotopic (exact) mass is 296 g/mol. The molecule has 3 rings (SSSR count). The molecule has 0 amide bonds. The molecule has 0 aliphatic carbocycles. The Hall–Kier alpha value is -0.460. The second-order valence-corrected chi connectivity index (χ2v) is 7.19. The van der Waals surface area contributed by atoms with E-state index < -0.39 is 0 Å². The zero-order valence-corrected chi connectivity index (χ0v) is 12.7. The molecule has 0 N–H and O–H groups in total. The number of anilines is 1.